The fourth-order valence-electron chi connectivity index (χ4n) is 4.47. The second-order valence-corrected chi connectivity index (χ2v) is 8.53. The number of hydrogen-bond acceptors (Lipinski definition) is 3. The number of ether oxygens (including phenoxy) is 1. The molecule has 2 saturated carbocycles. The molecule has 3 nitrogen and oxygen atoms in total. The van der Waals surface area contributed by atoms with Crippen molar-refractivity contribution in [3.63, 3.8) is 0 Å². The van der Waals surface area contributed by atoms with Crippen LogP contribution in [0.2, 0.25) is 0 Å². The van der Waals surface area contributed by atoms with Crippen LogP contribution in [0.1, 0.15) is 64.2 Å². The molecule has 2 aliphatic rings. The van der Waals surface area contributed by atoms with E-state index in [2.05, 4.69) is 20.8 Å². The molecular formula is C21H32BrNO2. The maximum atomic E-state index is 10.7. The van der Waals surface area contributed by atoms with Crippen LogP contribution in [-0.4, -0.2) is 41.3 Å². The summed E-state index contributed by atoms with van der Waals surface area (Å²) in [5.41, 5.74) is 0. The highest BCUT2D eigenvalue weighted by atomic mass is 79.9. The van der Waals surface area contributed by atoms with Crippen LogP contribution in [0, 0.1) is 0 Å². The van der Waals surface area contributed by atoms with Gasteiger partial charge in [-0.15, -0.1) is 0 Å². The van der Waals surface area contributed by atoms with E-state index in [1.54, 1.807) is 0 Å². The van der Waals surface area contributed by atoms with Gasteiger partial charge in [0, 0.05) is 18.6 Å². The van der Waals surface area contributed by atoms with E-state index in [4.69, 9.17) is 4.74 Å². The third-order valence-electron chi connectivity index (χ3n) is 5.78. The van der Waals surface area contributed by atoms with Gasteiger partial charge in [-0.2, -0.15) is 0 Å². The van der Waals surface area contributed by atoms with Gasteiger partial charge in [-0.1, -0.05) is 50.7 Å². The van der Waals surface area contributed by atoms with Crippen LogP contribution in [0.3, 0.4) is 0 Å². The van der Waals surface area contributed by atoms with Gasteiger partial charge in [0.2, 0.25) is 0 Å². The molecule has 0 heterocycles. The molecule has 0 aliphatic heterocycles. The molecule has 0 unspecified atom stereocenters. The van der Waals surface area contributed by atoms with Gasteiger partial charge in [0.1, 0.15) is 18.5 Å². The van der Waals surface area contributed by atoms with E-state index in [1.165, 1.54) is 64.2 Å². The van der Waals surface area contributed by atoms with Crippen LogP contribution in [0.5, 0.6) is 5.75 Å². The Morgan fingerprint density at radius 1 is 0.960 bits per heavy atom. The normalized spacial score (nSPS) is 21.4. The molecule has 0 bridgehead atoms. The smallest absolute Gasteiger partial charge is 0.133 e. The third-order valence-corrected chi connectivity index (χ3v) is 6.43. The van der Waals surface area contributed by atoms with Crippen molar-refractivity contribution in [2.45, 2.75) is 82.4 Å². The Bertz CT molecular complexity index is 494. The molecule has 1 atom stereocenters. The highest BCUT2D eigenvalue weighted by molar-refractivity contribution is 9.10. The Hall–Kier alpha value is -0.580. The average molecular weight is 410 g/mol. The first kappa shape index (κ1) is 19.2. The zero-order chi connectivity index (χ0) is 17.5. The maximum Gasteiger partial charge on any atom is 0.133 e. The third kappa shape index (κ3) is 5.70. The number of para-hydroxylation sites is 1. The Kier molecular flexibility index (Phi) is 7.63. The number of aliphatic hydroxyl groups excluding tert-OH is 1. The number of rotatable bonds is 7. The lowest BCUT2D eigenvalue weighted by Gasteiger charge is -2.42. The van der Waals surface area contributed by atoms with Gasteiger partial charge in [-0.3, -0.25) is 4.90 Å². The van der Waals surface area contributed by atoms with Crippen molar-refractivity contribution in [1.29, 1.82) is 0 Å². The summed E-state index contributed by atoms with van der Waals surface area (Å²) in [6, 6.07) is 9.17. The molecule has 0 radical (unpaired) electrons. The molecule has 2 fully saturated rings. The van der Waals surface area contributed by atoms with Crippen molar-refractivity contribution < 1.29 is 9.84 Å². The minimum absolute atomic E-state index is 0.360. The predicted octanol–water partition coefficient (Wildman–Crippen LogP) is 5.16. The summed E-state index contributed by atoms with van der Waals surface area (Å²) in [4.78, 5) is 2.65. The molecule has 0 spiro atoms. The van der Waals surface area contributed by atoms with E-state index >= 15 is 0 Å². The van der Waals surface area contributed by atoms with Crippen LogP contribution in [0.15, 0.2) is 28.7 Å². The zero-order valence-corrected chi connectivity index (χ0v) is 16.8. The van der Waals surface area contributed by atoms with Crippen molar-refractivity contribution in [2.24, 2.45) is 0 Å². The Morgan fingerprint density at radius 3 is 2.08 bits per heavy atom. The van der Waals surface area contributed by atoms with Gasteiger partial charge >= 0.3 is 0 Å². The van der Waals surface area contributed by atoms with E-state index < -0.39 is 6.10 Å². The van der Waals surface area contributed by atoms with Gasteiger partial charge in [0.15, 0.2) is 0 Å². The van der Waals surface area contributed by atoms with E-state index in [9.17, 15) is 5.11 Å². The number of benzene rings is 1. The molecule has 0 amide bonds. The molecule has 0 aromatic heterocycles. The Morgan fingerprint density at radius 2 is 1.52 bits per heavy atom. The summed E-state index contributed by atoms with van der Waals surface area (Å²) in [5.74, 6) is 0.809. The first-order valence-corrected chi connectivity index (χ1v) is 10.8. The second-order valence-electron chi connectivity index (χ2n) is 7.68. The first-order valence-electron chi connectivity index (χ1n) is 10.0. The van der Waals surface area contributed by atoms with Gasteiger partial charge in [-0.25, -0.2) is 0 Å². The highest BCUT2D eigenvalue weighted by Gasteiger charge is 2.30. The van der Waals surface area contributed by atoms with Crippen LogP contribution in [0.25, 0.3) is 0 Å². The molecule has 25 heavy (non-hydrogen) atoms. The summed E-state index contributed by atoms with van der Waals surface area (Å²) in [6.07, 6.45) is 12.9. The Balaban J connectivity index is 1.57. The van der Waals surface area contributed by atoms with Crippen molar-refractivity contribution in [3.05, 3.63) is 28.7 Å². The largest absolute Gasteiger partial charge is 0.490 e. The number of nitrogens with zero attached hydrogens (tertiary/aromatic N) is 1. The van der Waals surface area contributed by atoms with Gasteiger partial charge in [0.05, 0.1) is 4.47 Å². The molecule has 1 N–H and O–H groups in total. The van der Waals surface area contributed by atoms with E-state index in [-0.39, 0.29) is 0 Å². The number of halogens is 1. The maximum absolute atomic E-state index is 10.7. The lowest BCUT2D eigenvalue weighted by molar-refractivity contribution is 0.0116. The van der Waals surface area contributed by atoms with Crippen molar-refractivity contribution in [2.75, 3.05) is 13.2 Å². The van der Waals surface area contributed by atoms with E-state index in [0.717, 1.165) is 16.8 Å². The minimum atomic E-state index is -0.434. The summed E-state index contributed by atoms with van der Waals surface area (Å²) >= 11 is 3.51. The molecule has 3 rings (SSSR count). The van der Waals surface area contributed by atoms with Crippen LogP contribution in [0.4, 0.5) is 0 Å². The summed E-state index contributed by atoms with van der Waals surface area (Å²) in [7, 11) is 0. The van der Waals surface area contributed by atoms with Crippen molar-refractivity contribution in [1.82, 2.24) is 4.90 Å². The van der Waals surface area contributed by atoms with Crippen LogP contribution < -0.4 is 4.74 Å². The van der Waals surface area contributed by atoms with Crippen molar-refractivity contribution in [3.8, 4) is 5.75 Å². The number of aliphatic hydroxyl groups is 1. The predicted molar refractivity (Wildman–Crippen MR) is 106 cm³/mol. The van der Waals surface area contributed by atoms with E-state index in [1.807, 2.05) is 24.3 Å². The molecule has 1 aromatic rings. The zero-order valence-electron chi connectivity index (χ0n) is 15.2. The van der Waals surface area contributed by atoms with Crippen molar-refractivity contribution >= 4 is 15.9 Å². The fourth-order valence-corrected chi connectivity index (χ4v) is 4.86. The van der Waals surface area contributed by atoms with E-state index in [0.29, 0.717) is 18.7 Å². The SMILES string of the molecule is O[C@H](COc1ccccc1Br)CN(C1CCCCC1)C1CCCCC1. The molecule has 2 aliphatic carbocycles. The lowest BCUT2D eigenvalue weighted by Crippen LogP contribution is -2.49. The van der Waals surface area contributed by atoms with Gasteiger partial charge < -0.3 is 9.84 Å². The molecular weight excluding hydrogens is 378 g/mol. The topological polar surface area (TPSA) is 32.7 Å². The summed E-state index contributed by atoms with van der Waals surface area (Å²) in [5, 5.41) is 10.7. The second kappa shape index (κ2) is 9.94. The standard InChI is InChI=1S/C21H32BrNO2/c22-20-13-7-8-14-21(20)25-16-19(24)15-23(17-9-3-1-4-10-17)18-11-5-2-6-12-18/h7-8,13-14,17-19,24H,1-6,9-12,15-16H2/t19-/m0/s1. The molecule has 140 valence electrons. The van der Waals surface area contributed by atoms with Crippen LogP contribution in [-0.2, 0) is 0 Å². The minimum Gasteiger partial charge on any atom is -0.490 e. The number of hydrogen-bond donors (Lipinski definition) is 1. The summed E-state index contributed by atoms with van der Waals surface area (Å²) < 4.78 is 6.79. The first-order chi connectivity index (χ1) is 12.2. The highest BCUT2D eigenvalue weighted by Crippen LogP contribution is 2.30. The Labute approximate surface area is 160 Å². The van der Waals surface area contributed by atoms with Gasteiger partial charge in [-0.05, 0) is 53.7 Å². The molecule has 4 heteroatoms. The molecule has 1 aromatic carbocycles. The fraction of sp³-hybridized carbons (Fsp3) is 0.714. The molecule has 0 saturated heterocycles. The average Bonchev–Trinajstić information content (AvgIpc) is 2.67. The quantitative estimate of drug-likeness (QED) is 0.674. The lowest BCUT2D eigenvalue weighted by atomic mass is 9.88. The van der Waals surface area contributed by atoms with Crippen LogP contribution >= 0.6 is 15.9 Å². The monoisotopic (exact) mass is 409 g/mol. The van der Waals surface area contributed by atoms with Gasteiger partial charge in [0.25, 0.3) is 0 Å². The summed E-state index contributed by atoms with van der Waals surface area (Å²) in [6.45, 7) is 1.11.